The van der Waals surface area contributed by atoms with E-state index in [1.807, 2.05) is 27.7 Å². The molecule has 0 aliphatic rings. The predicted octanol–water partition coefficient (Wildman–Crippen LogP) is 3.44. The summed E-state index contributed by atoms with van der Waals surface area (Å²) in [7, 11) is 0. The van der Waals surface area contributed by atoms with Crippen molar-refractivity contribution in [1.82, 2.24) is 0 Å². The molecule has 0 unspecified atom stereocenters. The second-order valence-electron chi connectivity index (χ2n) is 5.57. The molecule has 0 aliphatic carbocycles. The Bertz CT molecular complexity index is 513. The fourth-order valence-electron chi connectivity index (χ4n) is 2.26. The monoisotopic (exact) mass is 262 g/mol. The molecule has 1 aromatic carbocycles. The van der Waals surface area contributed by atoms with Crippen LogP contribution in [0.15, 0.2) is 6.07 Å². The van der Waals surface area contributed by atoms with Crippen molar-refractivity contribution in [3.8, 4) is 0 Å². The Labute approximate surface area is 115 Å². The summed E-state index contributed by atoms with van der Waals surface area (Å²) in [6.45, 7) is 12.4. The molecule has 0 radical (unpaired) electrons. The van der Waals surface area contributed by atoms with E-state index in [0.717, 1.165) is 22.3 Å². The summed E-state index contributed by atoms with van der Waals surface area (Å²) in [6.07, 6.45) is 0. The molecule has 0 aliphatic heterocycles. The van der Waals surface area contributed by atoms with E-state index < -0.39 is 11.6 Å². The Morgan fingerprint density at radius 1 is 1.00 bits per heavy atom. The number of carbonyl (C=O) groups is 2. The first kappa shape index (κ1) is 15.4. The first-order valence-electron chi connectivity index (χ1n) is 6.39. The molecule has 3 heteroatoms. The molecule has 0 N–H and O–H groups in total. The van der Waals surface area contributed by atoms with Crippen molar-refractivity contribution in [1.29, 1.82) is 0 Å². The zero-order chi connectivity index (χ0) is 15.0. The molecule has 3 nitrogen and oxygen atoms in total. The lowest BCUT2D eigenvalue weighted by molar-refractivity contribution is -0.149. The molecular formula is C16H22O3. The van der Waals surface area contributed by atoms with Gasteiger partial charge in [-0.15, -0.1) is 0 Å². The van der Waals surface area contributed by atoms with E-state index in [9.17, 15) is 9.59 Å². The smallest absolute Gasteiger partial charge is 0.303 e. The van der Waals surface area contributed by atoms with Crippen LogP contribution in [0.2, 0.25) is 0 Å². The normalized spacial score (nSPS) is 11.3. The SMILES string of the molecule is CC(=O)OC(C)(C)C(=O)c1c(C)c(C)cc(C)c1C. The van der Waals surface area contributed by atoms with Gasteiger partial charge in [-0.2, -0.15) is 0 Å². The zero-order valence-electron chi connectivity index (χ0n) is 12.8. The molecule has 104 valence electrons. The summed E-state index contributed by atoms with van der Waals surface area (Å²) in [6, 6.07) is 2.07. The molecule has 0 bridgehead atoms. The van der Waals surface area contributed by atoms with Gasteiger partial charge in [0.15, 0.2) is 5.60 Å². The van der Waals surface area contributed by atoms with Gasteiger partial charge in [0.1, 0.15) is 0 Å². The summed E-state index contributed by atoms with van der Waals surface area (Å²) in [5.41, 5.74) is 3.59. The summed E-state index contributed by atoms with van der Waals surface area (Å²) >= 11 is 0. The van der Waals surface area contributed by atoms with Crippen molar-refractivity contribution in [3.63, 3.8) is 0 Å². The maximum Gasteiger partial charge on any atom is 0.303 e. The van der Waals surface area contributed by atoms with E-state index in [2.05, 4.69) is 6.07 Å². The Morgan fingerprint density at radius 3 is 1.79 bits per heavy atom. The van der Waals surface area contributed by atoms with Crippen LogP contribution in [0, 0.1) is 27.7 Å². The van der Waals surface area contributed by atoms with Crippen LogP contribution in [0.5, 0.6) is 0 Å². The van der Waals surface area contributed by atoms with Crippen LogP contribution in [-0.2, 0) is 9.53 Å². The minimum atomic E-state index is -1.14. The highest BCUT2D eigenvalue weighted by Crippen LogP contribution is 2.27. The summed E-state index contributed by atoms with van der Waals surface area (Å²) in [5, 5.41) is 0. The second kappa shape index (κ2) is 5.16. The lowest BCUT2D eigenvalue weighted by atomic mass is 9.86. The minimum Gasteiger partial charge on any atom is -0.451 e. The Kier molecular flexibility index (Phi) is 4.18. The fraction of sp³-hybridized carbons (Fsp3) is 0.500. The van der Waals surface area contributed by atoms with Gasteiger partial charge in [-0.05, 0) is 63.8 Å². The largest absolute Gasteiger partial charge is 0.451 e. The quantitative estimate of drug-likeness (QED) is 0.619. The minimum absolute atomic E-state index is 0.149. The third kappa shape index (κ3) is 3.03. The number of rotatable bonds is 3. The Morgan fingerprint density at radius 2 is 1.42 bits per heavy atom. The summed E-state index contributed by atoms with van der Waals surface area (Å²) in [5.74, 6) is -0.595. The molecule has 0 saturated carbocycles. The molecule has 0 heterocycles. The summed E-state index contributed by atoms with van der Waals surface area (Å²) in [4.78, 5) is 23.8. The number of esters is 1. The average molecular weight is 262 g/mol. The molecule has 19 heavy (non-hydrogen) atoms. The van der Waals surface area contributed by atoms with Gasteiger partial charge in [0.05, 0.1) is 0 Å². The first-order valence-corrected chi connectivity index (χ1v) is 6.39. The lowest BCUT2D eigenvalue weighted by Crippen LogP contribution is -2.37. The summed E-state index contributed by atoms with van der Waals surface area (Å²) < 4.78 is 5.16. The van der Waals surface area contributed by atoms with Crippen LogP contribution in [0.3, 0.4) is 0 Å². The van der Waals surface area contributed by atoms with Crippen LogP contribution in [0.4, 0.5) is 0 Å². The van der Waals surface area contributed by atoms with Gasteiger partial charge in [-0.25, -0.2) is 0 Å². The first-order chi connectivity index (χ1) is 8.58. The molecule has 1 rings (SSSR count). The van der Waals surface area contributed by atoms with E-state index in [1.165, 1.54) is 6.92 Å². The van der Waals surface area contributed by atoms with Crippen LogP contribution >= 0.6 is 0 Å². The van der Waals surface area contributed by atoms with Gasteiger partial charge in [-0.3, -0.25) is 9.59 Å². The molecule has 0 saturated heterocycles. The van der Waals surface area contributed by atoms with Gasteiger partial charge in [0.2, 0.25) is 5.78 Å². The van der Waals surface area contributed by atoms with Crippen molar-refractivity contribution in [2.24, 2.45) is 0 Å². The molecular weight excluding hydrogens is 240 g/mol. The van der Waals surface area contributed by atoms with Crippen LogP contribution < -0.4 is 0 Å². The fourth-order valence-corrected chi connectivity index (χ4v) is 2.26. The highest BCUT2D eigenvalue weighted by Gasteiger charge is 2.34. The Balaban J connectivity index is 3.38. The van der Waals surface area contributed by atoms with E-state index >= 15 is 0 Å². The van der Waals surface area contributed by atoms with E-state index in [-0.39, 0.29) is 5.78 Å². The standard InChI is InChI=1S/C16H22O3/c1-9-8-10(2)12(4)14(11(9)3)15(18)16(6,7)19-13(5)17/h8H,1-7H3. The number of ketones is 1. The maximum atomic E-state index is 12.7. The third-order valence-electron chi connectivity index (χ3n) is 3.54. The number of benzene rings is 1. The van der Waals surface area contributed by atoms with Crippen molar-refractivity contribution in [2.75, 3.05) is 0 Å². The van der Waals surface area contributed by atoms with Gasteiger partial charge < -0.3 is 4.74 Å². The highest BCUT2D eigenvalue weighted by atomic mass is 16.6. The number of hydrogen-bond acceptors (Lipinski definition) is 3. The number of hydrogen-bond donors (Lipinski definition) is 0. The number of ether oxygens (including phenoxy) is 1. The van der Waals surface area contributed by atoms with Gasteiger partial charge >= 0.3 is 5.97 Å². The Hall–Kier alpha value is -1.64. The van der Waals surface area contributed by atoms with E-state index in [4.69, 9.17) is 4.74 Å². The molecule has 0 atom stereocenters. The zero-order valence-corrected chi connectivity index (χ0v) is 12.8. The van der Waals surface area contributed by atoms with E-state index in [1.54, 1.807) is 13.8 Å². The van der Waals surface area contributed by atoms with Gasteiger partial charge in [0.25, 0.3) is 0 Å². The van der Waals surface area contributed by atoms with Crippen molar-refractivity contribution in [3.05, 3.63) is 33.9 Å². The topological polar surface area (TPSA) is 43.4 Å². The van der Waals surface area contributed by atoms with Crippen molar-refractivity contribution in [2.45, 2.75) is 54.1 Å². The highest BCUT2D eigenvalue weighted by molar-refractivity contribution is 6.05. The number of aryl methyl sites for hydroxylation is 2. The third-order valence-corrected chi connectivity index (χ3v) is 3.54. The van der Waals surface area contributed by atoms with Gasteiger partial charge in [0, 0.05) is 12.5 Å². The maximum absolute atomic E-state index is 12.7. The average Bonchev–Trinajstić information content (AvgIpc) is 2.25. The van der Waals surface area contributed by atoms with Crippen LogP contribution in [-0.4, -0.2) is 17.4 Å². The molecule has 1 aromatic rings. The van der Waals surface area contributed by atoms with Crippen LogP contribution in [0.1, 0.15) is 53.4 Å². The number of carbonyl (C=O) groups excluding carboxylic acids is 2. The molecule has 0 spiro atoms. The predicted molar refractivity (Wildman–Crippen MR) is 75.6 cm³/mol. The van der Waals surface area contributed by atoms with Crippen molar-refractivity contribution >= 4 is 11.8 Å². The molecule has 0 aromatic heterocycles. The molecule has 0 fully saturated rings. The number of Topliss-reactive ketones (excluding diaryl/α,β-unsaturated/α-hetero) is 1. The van der Waals surface area contributed by atoms with Crippen molar-refractivity contribution < 1.29 is 14.3 Å². The van der Waals surface area contributed by atoms with E-state index in [0.29, 0.717) is 5.56 Å². The van der Waals surface area contributed by atoms with Crippen LogP contribution in [0.25, 0.3) is 0 Å². The molecule has 0 amide bonds. The van der Waals surface area contributed by atoms with Gasteiger partial charge in [-0.1, -0.05) is 6.07 Å². The lowest BCUT2D eigenvalue weighted by Gasteiger charge is -2.25. The second-order valence-corrected chi connectivity index (χ2v) is 5.57.